The molecule has 3 rings (SSSR count). The highest BCUT2D eigenvalue weighted by molar-refractivity contribution is 7.18. The number of aromatic hydroxyl groups is 1. The number of aromatic nitrogens is 1. The summed E-state index contributed by atoms with van der Waals surface area (Å²) in [4.78, 5) is 14.6. The molecule has 0 amide bonds. The van der Waals surface area contributed by atoms with E-state index in [0.29, 0.717) is 12.1 Å². The van der Waals surface area contributed by atoms with Gasteiger partial charge in [0.05, 0.1) is 17.5 Å². The molecule has 4 heteroatoms. The van der Waals surface area contributed by atoms with E-state index < -0.39 is 0 Å². The second-order valence-electron chi connectivity index (χ2n) is 5.81. The molecule has 2 aromatic heterocycles. The van der Waals surface area contributed by atoms with Gasteiger partial charge in [0.2, 0.25) is 0 Å². The van der Waals surface area contributed by atoms with Gasteiger partial charge < -0.3 is 5.11 Å². The molecule has 0 unspecified atom stereocenters. The number of hydrogen-bond acceptors (Lipinski definition) is 3. The van der Waals surface area contributed by atoms with Gasteiger partial charge in [-0.1, -0.05) is 43.7 Å². The number of nitrogens with zero attached hydrogens (tertiary/aromatic N) is 1. The Bertz CT molecular complexity index is 918. The van der Waals surface area contributed by atoms with Gasteiger partial charge in [-0.3, -0.25) is 9.36 Å². The summed E-state index contributed by atoms with van der Waals surface area (Å²) in [6.45, 7) is 12.3. The topological polar surface area (TPSA) is 42.2 Å². The van der Waals surface area contributed by atoms with E-state index in [2.05, 4.69) is 12.1 Å². The van der Waals surface area contributed by atoms with Crippen LogP contribution in [0.5, 0.6) is 5.75 Å². The first-order chi connectivity index (χ1) is 11.4. The monoisotopic (exact) mass is 343 g/mol. The molecule has 2 heterocycles. The van der Waals surface area contributed by atoms with Crippen molar-refractivity contribution in [3.8, 4) is 5.75 Å². The Morgan fingerprint density at radius 3 is 2.17 bits per heavy atom. The van der Waals surface area contributed by atoms with Crippen LogP contribution >= 0.6 is 11.3 Å². The molecule has 0 aliphatic heterocycles. The van der Waals surface area contributed by atoms with Crippen molar-refractivity contribution >= 4 is 21.6 Å². The maximum atomic E-state index is 12.6. The zero-order chi connectivity index (χ0) is 18.0. The van der Waals surface area contributed by atoms with Crippen LogP contribution in [0.1, 0.15) is 41.0 Å². The highest BCUT2D eigenvalue weighted by atomic mass is 32.1. The molecule has 0 spiro atoms. The van der Waals surface area contributed by atoms with Crippen LogP contribution in [0.3, 0.4) is 0 Å². The van der Waals surface area contributed by atoms with E-state index in [1.165, 1.54) is 5.56 Å². The fraction of sp³-hybridized carbons (Fsp3) is 0.350. The van der Waals surface area contributed by atoms with Gasteiger partial charge in [-0.2, -0.15) is 0 Å². The lowest BCUT2D eigenvalue weighted by molar-refractivity contribution is 0.474. The number of fused-ring (bicyclic) bond motifs is 1. The number of pyridine rings is 1. The molecule has 0 aliphatic carbocycles. The van der Waals surface area contributed by atoms with Crippen LogP contribution in [0.15, 0.2) is 29.1 Å². The summed E-state index contributed by atoms with van der Waals surface area (Å²) in [6, 6.07) is 8.19. The Morgan fingerprint density at radius 1 is 1.00 bits per heavy atom. The lowest BCUT2D eigenvalue weighted by Crippen LogP contribution is -2.22. The smallest absolute Gasteiger partial charge is 0.258 e. The summed E-state index contributed by atoms with van der Waals surface area (Å²) >= 11 is 1.57. The minimum atomic E-state index is -0.119. The van der Waals surface area contributed by atoms with Crippen molar-refractivity contribution in [1.82, 2.24) is 4.57 Å². The number of hydrogen-bond donors (Lipinski definition) is 1. The molecule has 1 N–H and O–H groups in total. The SMILES string of the molecule is CC.Cc1ccc(Cn2c(=O)c(C)c(O)c3c(C)c(C)sc32)cc1. The minimum absolute atomic E-state index is 0.119. The number of benzene rings is 1. The molecular formula is C20H25NO2S. The van der Waals surface area contributed by atoms with Crippen LogP contribution < -0.4 is 5.56 Å². The third-order valence-electron chi connectivity index (χ3n) is 4.23. The molecule has 0 aliphatic rings. The quantitative estimate of drug-likeness (QED) is 0.705. The summed E-state index contributed by atoms with van der Waals surface area (Å²) in [5.74, 6) is 0.127. The van der Waals surface area contributed by atoms with Crippen LogP contribution in [0.2, 0.25) is 0 Å². The third kappa shape index (κ3) is 3.11. The van der Waals surface area contributed by atoms with Gasteiger partial charge in [0, 0.05) is 4.88 Å². The first-order valence-electron chi connectivity index (χ1n) is 8.27. The van der Waals surface area contributed by atoms with E-state index in [1.807, 2.05) is 46.8 Å². The Labute approximate surface area is 147 Å². The lowest BCUT2D eigenvalue weighted by atomic mass is 10.1. The van der Waals surface area contributed by atoms with Crippen molar-refractivity contribution in [3.05, 3.63) is 61.8 Å². The maximum absolute atomic E-state index is 12.6. The van der Waals surface area contributed by atoms with Crippen molar-refractivity contribution in [3.63, 3.8) is 0 Å². The van der Waals surface area contributed by atoms with Gasteiger partial charge in [0.25, 0.3) is 5.56 Å². The highest BCUT2D eigenvalue weighted by Gasteiger charge is 2.18. The van der Waals surface area contributed by atoms with E-state index in [4.69, 9.17) is 0 Å². The zero-order valence-corrected chi connectivity index (χ0v) is 16.0. The summed E-state index contributed by atoms with van der Waals surface area (Å²) in [6.07, 6.45) is 0. The first-order valence-corrected chi connectivity index (χ1v) is 9.09. The van der Waals surface area contributed by atoms with E-state index in [1.54, 1.807) is 22.8 Å². The van der Waals surface area contributed by atoms with E-state index in [0.717, 1.165) is 26.2 Å². The van der Waals surface area contributed by atoms with Crippen LogP contribution in [0, 0.1) is 27.7 Å². The van der Waals surface area contributed by atoms with Gasteiger partial charge in [-0.15, -0.1) is 11.3 Å². The molecule has 3 aromatic rings. The predicted molar refractivity (Wildman–Crippen MR) is 104 cm³/mol. The first kappa shape index (κ1) is 18.3. The number of rotatable bonds is 2. The fourth-order valence-corrected chi connectivity index (χ4v) is 3.84. The van der Waals surface area contributed by atoms with Crippen molar-refractivity contribution in [2.24, 2.45) is 0 Å². The molecule has 0 saturated heterocycles. The molecule has 1 aromatic carbocycles. The Morgan fingerprint density at radius 2 is 1.58 bits per heavy atom. The van der Waals surface area contributed by atoms with Crippen molar-refractivity contribution in [2.45, 2.75) is 48.1 Å². The van der Waals surface area contributed by atoms with Crippen LogP contribution in [-0.4, -0.2) is 9.67 Å². The Kier molecular flexibility index (Phi) is 5.50. The lowest BCUT2D eigenvalue weighted by Gasteiger charge is -2.11. The average Bonchev–Trinajstić information content (AvgIpc) is 2.88. The van der Waals surface area contributed by atoms with Crippen LogP contribution in [-0.2, 0) is 6.54 Å². The highest BCUT2D eigenvalue weighted by Crippen LogP contribution is 2.36. The van der Waals surface area contributed by atoms with E-state index in [-0.39, 0.29) is 11.3 Å². The third-order valence-corrected chi connectivity index (χ3v) is 5.46. The zero-order valence-electron chi connectivity index (χ0n) is 15.2. The Balaban J connectivity index is 0.00000100. The van der Waals surface area contributed by atoms with Gasteiger partial charge in [0.1, 0.15) is 10.6 Å². The summed E-state index contributed by atoms with van der Waals surface area (Å²) in [5.41, 5.74) is 3.64. The molecule has 0 fully saturated rings. The molecule has 0 bridgehead atoms. The predicted octanol–water partition coefficient (Wildman–Crippen LogP) is 5.08. The van der Waals surface area contributed by atoms with Gasteiger partial charge in [0.15, 0.2) is 0 Å². The second-order valence-corrected chi connectivity index (χ2v) is 7.02. The van der Waals surface area contributed by atoms with Crippen LogP contribution in [0.25, 0.3) is 10.2 Å². The van der Waals surface area contributed by atoms with Gasteiger partial charge >= 0.3 is 0 Å². The molecule has 0 radical (unpaired) electrons. The Hall–Kier alpha value is -2.07. The average molecular weight is 343 g/mol. The van der Waals surface area contributed by atoms with Gasteiger partial charge in [-0.05, 0) is 38.8 Å². The van der Waals surface area contributed by atoms with Gasteiger partial charge in [-0.25, -0.2) is 0 Å². The second kappa shape index (κ2) is 7.22. The fourth-order valence-electron chi connectivity index (χ4n) is 2.68. The summed E-state index contributed by atoms with van der Waals surface area (Å²) in [7, 11) is 0. The van der Waals surface area contributed by atoms with Crippen molar-refractivity contribution in [1.29, 1.82) is 0 Å². The van der Waals surface area contributed by atoms with E-state index >= 15 is 0 Å². The minimum Gasteiger partial charge on any atom is -0.507 e. The van der Waals surface area contributed by atoms with Crippen molar-refractivity contribution < 1.29 is 5.11 Å². The molecule has 3 nitrogen and oxygen atoms in total. The number of aryl methyl sites for hydroxylation is 3. The molecule has 24 heavy (non-hydrogen) atoms. The van der Waals surface area contributed by atoms with E-state index in [9.17, 15) is 9.90 Å². The largest absolute Gasteiger partial charge is 0.507 e. The molecule has 0 atom stereocenters. The normalized spacial score (nSPS) is 10.6. The standard InChI is InChI=1S/C18H19NO2S.C2H6/c1-10-5-7-14(8-6-10)9-19-17(21)12(3)16(20)15-11(2)13(4)22-18(15)19;1-2/h5-8,20H,9H2,1-4H3;1-2H3. The van der Waals surface area contributed by atoms with Crippen molar-refractivity contribution in [2.75, 3.05) is 0 Å². The number of thiophene rings is 1. The summed E-state index contributed by atoms with van der Waals surface area (Å²) < 4.78 is 1.78. The maximum Gasteiger partial charge on any atom is 0.258 e. The molecule has 0 saturated carbocycles. The van der Waals surface area contributed by atoms with Crippen LogP contribution in [0.4, 0.5) is 0 Å². The molecule has 128 valence electrons. The summed E-state index contributed by atoms with van der Waals surface area (Å²) in [5, 5.41) is 11.2. The molecular weight excluding hydrogens is 318 g/mol.